The number of rotatable bonds is 8. The van der Waals surface area contributed by atoms with E-state index in [1.165, 1.54) is 12.3 Å². The number of benzene rings is 2. The average Bonchev–Trinajstić information content (AvgIpc) is 3.44. The summed E-state index contributed by atoms with van der Waals surface area (Å²) in [6.07, 6.45) is 0.157. The second-order valence-electron chi connectivity index (χ2n) is 8.93. The van der Waals surface area contributed by atoms with Crippen molar-refractivity contribution in [3.05, 3.63) is 89.7 Å². The monoisotopic (exact) mass is 522 g/mol. The van der Waals surface area contributed by atoms with Gasteiger partial charge < -0.3 is 20.1 Å². The maximum absolute atomic E-state index is 13.6. The van der Waals surface area contributed by atoms with E-state index in [4.69, 9.17) is 9.47 Å². The van der Waals surface area contributed by atoms with Gasteiger partial charge in [0, 0.05) is 42.7 Å². The Balaban J connectivity index is 1.32. The first kappa shape index (κ1) is 25.5. The number of hydrogen-bond donors (Lipinski definition) is 2. The molecule has 7 nitrogen and oxygen atoms in total. The van der Waals surface area contributed by atoms with Crippen molar-refractivity contribution in [3.63, 3.8) is 0 Å². The van der Waals surface area contributed by atoms with Crippen LogP contribution in [0.1, 0.15) is 34.3 Å². The van der Waals surface area contributed by atoms with Crippen molar-refractivity contribution >= 4 is 28.3 Å². The van der Waals surface area contributed by atoms with Gasteiger partial charge in [0.1, 0.15) is 18.2 Å². The van der Waals surface area contributed by atoms with E-state index in [1.54, 1.807) is 18.3 Å². The minimum Gasteiger partial charge on any atom is -0.491 e. The number of pyridine rings is 2. The third-order valence-corrected chi connectivity index (χ3v) is 6.13. The lowest BCUT2D eigenvalue weighted by atomic mass is 10.1. The highest BCUT2D eigenvalue weighted by atomic mass is 19.4. The standard InChI is InChI=1S/C28H25F3N4O3/c29-28(30,31)20-13-21(15-23(14-20)38-17-22-5-3-11-37-22)35-27(36)24-6-2-10-33-26(24)34-16-18-7-8-25-19(12-18)4-1-9-32-25/h1-2,4,6-10,12-15,22H,3,5,11,16-17H2,(H,33,34)(H,35,36). The predicted octanol–water partition coefficient (Wildman–Crippen LogP) is 6.07. The summed E-state index contributed by atoms with van der Waals surface area (Å²) in [4.78, 5) is 21.7. The number of nitrogens with zero attached hydrogens (tertiary/aromatic N) is 2. The molecule has 2 aromatic heterocycles. The summed E-state index contributed by atoms with van der Waals surface area (Å²) in [5, 5.41) is 6.69. The zero-order valence-corrected chi connectivity index (χ0v) is 20.3. The van der Waals surface area contributed by atoms with Crippen molar-refractivity contribution in [2.24, 2.45) is 0 Å². The number of fused-ring (bicyclic) bond motifs is 1. The first-order valence-electron chi connectivity index (χ1n) is 12.2. The highest BCUT2D eigenvalue weighted by Gasteiger charge is 2.32. The van der Waals surface area contributed by atoms with Gasteiger partial charge >= 0.3 is 6.18 Å². The quantitative estimate of drug-likeness (QED) is 0.292. The number of carbonyl (C=O) groups is 1. The molecule has 1 aliphatic heterocycles. The maximum Gasteiger partial charge on any atom is 0.416 e. The molecule has 0 spiro atoms. The van der Waals surface area contributed by atoms with Crippen LogP contribution in [0.25, 0.3) is 10.9 Å². The van der Waals surface area contributed by atoms with Gasteiger partial charge in [0.15, 0.2) is 0 Å². The average molecular weight is 523 g/mol. The highest BCUT2D eigenvalue weighted by molar-refractivity contribution is 6.07. The molecule has 0 saturated carbocycles. The lowest BCUT2D eigenvalue weighted by Gasteiger charge is -2.16. The molecule has 4 aromatic rings. The van der Waals surface area contributed by atoms with Crippen molar-refractivity contribution in [2.45, 2.75) is 31.7 Å². The topological polar surface area (TPSA) is 85.4 Å². The molecule has 1 saturated heterocycles. The Hall–Kier alpha value is -4.18. The number of alkyl halides is 3. The van der Waals surface area contributed by atoms with Crippen molar-refractivity contribution in [2.75, 3.05) is 23.8 Å². The Bertz CT molecular complexity index is 1440. The second-order valence-corrected chi connectivity index (χ2v) is 8.93. The van der Waals surface area contributed by atoms with E-state index in [9.17, 15) is 18.0 Å². The van der Waals surface area contributed by atoms with Gasteiger partial charge in [-0.05, 0) is 60.9 Å². The fourth-order valence-electron chi connectivity index (χ4n) is 4.23. The second kappa shape index (κ2) is 11.1. The molecule has 0 radical (unpaired) electrons. The van der Waals surface area contributed by atoms with E-state index in [0.717, 1.165) is 41.4 Å². The lowest BCUT2D eigenvalue weighted by Crippen LogP contribution is -2.18. The van der Waals surface area contributed by atoms with Crippen LogP contribution in [0.15, 0.2) is 73.1 Å². The van der Waals surface area contributed by atoms with E-state index in [2.05, 4.69) is 20.6 Å². The minimum absolute atomic E-state index is 0.000883. The molecule has 1 atom stereocenters. The van der Waals surface area contributed by atoms with Crippen molar-refractivity contribution in [3.8, 4) is 5.75 Å². The van der Waals surface area contributed by atoms with E-state index >= 15 is 0 Å². The molecule has 1 aliphatic rings. The molecule has 3 heterocycles. The van der Waals surface area contributed by atoms with Crippen LogP contribution in [0.2, 0.25) is 0 Å². The highest BCUT2D eigenvalue weighted by Crippen LogP contribution is 2.34. The van der Waals surface area contributed by atoms with Crippen LogP contribution in [-0.2, 0) is 17.5 Å². The molecule has 0 aliphatic carbocycles. The fourth-order valence-corrected chi connectivity index (χ4v) is 4.23. The van der Waals surface area contributed by atoms with Gasteiger partial charge in [0.2, 0.25) is 0 Å². The SMILES string of the molecule is O=C(Nc1cc(OCC2CCCO2)cc(C(F)(F)F)c1)c1cccnc1NCc1ccc2ncccc2c1. The molecule has 0 bridgehead atoms. The van der Waals surface area contributed by atoms with Crippen LogP contribution in [0.4, 0.5) is 24.7 Å². The molecule has 1 unspecified atom stereocenters. The predicted molar refractivity (Wildman–Crippen MR) is 137 cm³/mol. The summed E-state index contributed by atoms with van der Waals surface area (Å²) >= 11 is 0. The number of hydrogen-bond acceptors (Lipinski definition) is 6. The van der Waals surface area contributed by atoms with Gasteiger partial charge in [-0.1, -0.05) is 12.1 Å². The minimum atomic E-state index is -4.61. The third-order valence-electron chi connectivity index (χ3n) is 6.13. The number of aromatic nitrogens is 2. The molecule has 1 amide bonds. The molecule has 2 N–H and O–H groups in total. The maximum atomic E-state index is 13.6. The third kappa shape index (κ3) is 6.20. The van der Waals surface area contributed by atoms with E-state index in [1.807, 2.05) is 30.3 Å². The molecule has 2 aromatic carbocycles. The summed E-state index contributed by atoms with van der Waals surface area (Å²) < 4.78 is 51.7. The van der Waals surface area contributed by atoms with E-state index in [0.29, 0.717) is 19.0 Å². The van der Waals surface area contributed by atoms with Crippen LogP contribution in [0.5, 0.6) is 5.75 Å². The van der Waals surface area contributed by atoms with Crippen molar-refractivity contribution in [1.29, 1.82) is 0 Å². The van der Waals surface area contributed by atoms with Gasteiger partial charge in [0.25, 0.3) is 5.91 Å². The number of ether oxygens (including phenoxy) is 2. The van der Waals surface area contributed by atoms with Crippen LogP contribution < -0.4 is 15.4 Å². The number of halogens is 3. The number of carbonyl (C=O) groups excluding carboxylic acids is 1. The fraction of sp³-hybridized carbons (Fsp3) is 0.250. The Morgan fingerprint density at radius 3 is 2.71 bits per heavy atom. The largest absolute Gasteiger partial charge is 0.491 e. The zero-order chi connectivity index (χ0) is 26.5. The first-order chi connectivity index (χ1) is 18.3. The van der Waals surface area contributed by atoms with Crippen molar-refractivity contribution in [1.82, 2.24) is 9.97 Å². The van der Waals surface area contributed by atoms with E-state index in [-0.39, 0.29) is 29.7 Å². The van der Waals surface area contributed by atoms with Gasteiger partial charge in [-0.2, -0.15) is 13.2 Å². The molecular formula is C28H25F3N4O3. The van der Waals surface area contributed by atoms with Gasteiger partial charge in [0.05, 0.1) is 22.7 Å². The Labute approximate surface area is 217 Å². The number of amides is 1. The van der Waals surface area contributed by atoms with E-state index < -0.39 is 17.6 Å². The summed E-state index contributed by atoms with van der Waals surface area (Å²) in [6, 6.07) is 15.9. The normalized spacial score (nSPS) is 15.4. The van der Waals surface area contributed by atoms with Gasteiger partial charge in [-0.25, -0.2) is 4.98 Å². The smallest absolute Gasteiger partial charge is 0.416 e. The summed E-state index contributed by atoms with van der Waals surface area (Å²) in [5.41, 5.74) is 1.05. The number of nitrogens with one attached hydrogen (secondary N) is 2. The van der Waals surface area contributed by atoms with Crippen LogP contribution in [0, 0.1) is 0 Å². The lowest BCUT2D eigenvalue weighted by molar-refractivity contribution is -0.137. The zero-order valence-electron chi connectivity index (χ0n) is 20.3. The molecule has 5 rings (SSSR count). The van der Waals surface area contributed by atoms with Crippen molar-refractivity contribution < 1.29 is 27.4 Å². The summed E-state index contributed by atoms with van der Waals surface area (Å²) in [6.45, 7) is 1.13. The number of anilines is 2. The Morgan fingerprint density at radius 1 is 1.05 bits per heavy atom. The summed E-state index contributed by atoms with van der Waals surface area (Å²) in [7, 11) is 0. The van der Waals surface area contributed by atoms with Crippen LogP contribution in [-0.4, -0.2) is 35.2 Å². The first-order valence-corrected chi connectivity index (χ1v) is 12.2. The molecule has 1 fully saturated rings. The van der Waals surface area contributed by atoms with Gasteiger partial charge in [-0.3, -0.25) is 9.78 Å². The molecule has 38 heavy (non-hydrogen) atoms. The summed E-state index contributed by atoms with van der Waals surface area (Å²) in [5.74, 6) is -0.299. The van der Waals surface area contributed by atoms with Crippen LogP contribution in [0.3, 0.4) is 0 Å². The Kier molecular flexibility index (Phi) is 7.41. The van der Waals surface area contributed by atoms with Crippen LogP contribution >= 0.6 is 0 Å². The molecule has 196 valence electrons. The molecule has 10 heteroatoms. The van der Waals surface area contributed by atoms with Gasteiger partial charge in [-0.15, -0.1) is 0 Å². The Morgan fingerprint density at radius 2 is 1.89 bits per heavy atom. The molecular weight excluding hydrogens is 497 g/mol.